The van der Waals surface area contributed by atoms with Crippen molar-refractivity contribution in [1.29, 1.82) is 0 Å². The van der Waals surface area contributed by atoms with E-state index in [1.807, 2.05) is 36.4 Å². The SMILES string of the molecule is Cc1ccc2c(c1)=CC=CC(c1cc3cccc(O)c3o1)N=2. The van der Waals surface area contributed by atoms with Gasteiger partial charge in [0.1, 0.15) is 11.8 Å². The van der Waals surface area contributed by atoms with Crippen molar-refractivity contribution in [3.63, 3.8) is 0 Å². The molecule has 1 aliphatic rings. The standard InChI is InChI=1S/C19H15NO2/c1-12-8-9-15-13(10-12)4-2-6-16(20-15)18-11-14-5-3-7-17(21)19(14)22-18/h2-11,16,21H,1H3. The number of aryl methyl sites for hydroxylation is 1. The average Bonchev–Trinajstić information content (AvgIpc) is 2.83. The van der Waals surface area contributed by atoms with E-state index < -0.39 is 0 Å². The van der Waals surface area contributed by atoms with E-state index in [0.717, 1.165) is 21.7 Å². The molecule has 0 spiro atoms. The second-order valence-corrected chi connectivity index (χ2v) is 5.53. The first-order chi connectivity index (χ1) is 10.7. The number of phenols is 1. The van der Waals surface area contributed by atoms with Gasteiger partial charge in [0.2, 0.25) is 0 Å². The molecule has 0 amide bonds. The van der Waals surface area contributed by atoms with Crippen LogP contribution in [0, 0.1) is 6.92 Å². The molecule has 2 heterocycles. The molecule has 1 aliphatic heterocycles. The lowest BCUT2D eigenvalue weighted by Crippen LogP contribution is -2.24. The molecule has 3 heteroatoms. The highest BCUT2D eigenvalue weighted by molar-refractivity contribution is 5.83. The zero-order valence-corrected chi connectivity index (χ0v) is 12.2. The van der Waals surface area contributed by atoms with Crippen LogP contribution in [-0.2, 0) is 0 Å². The Hall–Kier alpha value is -2.81. The lowest BCUT2D eigenvalue weighted by molar-refractivity contribution is 0.454. The molecule has 0 fully saturated rings. The van der Waals surface area contributed by atoms with E-state index in [2.05, 4.69) is 25.1 Å². The van der Waals surface area contributed by atoms with Gasteiger partial charge < -0.3 is 9.52 Å². The van der Waals surface area contributed by atoms with E-state index in [-0.39, 0.29) is 11.8 Å². The number of aromatic hydroxyl groups is 1. The maximum absolute atomic E-state index is 9.88. The van der Waals surface area contributed by atoms with Crippen LogP contribution in [0.15, 0.2) is 64.0 Å². The van der Waals surface area contributed by atoms with Crippen LogP contribution in [-0.4, -0.2) is 5.11 Å². The molecule has 0 bridgehead atoms. The van der Waals surface area contributed by atoms with Crippen molar-refractivity contribution in [2.45, 2.75) is 13.0 Å². The molecule has 2 aromatic carbocycles. The number of furan rings is 1. The summed E-state index contributed by atoms with van der Waals surface area (Å²) in [7, 11) is 0. The van der Waals surface area contributed by atoms with Gasteiger partial charge in [-0.05, 0) is 36.4 Å². The van der Waals surface area contributed by atoms with E-state index in [1.54, 1.807) is 6.07 Å². The van der Waals surface area contributed by atoms with Crippen LogP contribution in [0.4, 0.5) is 0 Å². The predicted octanol–water partition coefficient (Wildman–Crippen LogP) is 3.16. The molecule has 0 saturated heterocycles. The van der Waals surface area contributed by atoms with Crippen LogP contribution in [0.2, 0.25) is 0 Å². The van der Waals surface area contributed by atoms with Gasteiger partial charge >= 0.3 is 0 Å². The van der Waals surface area contributed by atoms with Gasteiger partial charge in [-0.15, -0.1) is 0 Å². The lowest BCUT2D eigenvalue weighted by atomic mass is 10.2. The van der Waals surface area contributed by atoms with Crippen molar-refractivity contribution in [1.82, 2.24) is 0 Å². The highest BCUT2D eigenvalue weighted by Gasteiger charge is 2.15. The predicted molar refractivity (Wildman–Crippen MR) is 86.2 cm³/mol. The van der Waals surface area contributed by atoms with E-state index in [0.29, 0.717) is 5.58 Å². The number of allylic oxidation sites excluding steroid dienone is 1. The number of rotatable bonds is 1. The summed E-state index contributed by atoms with van der Waals surface area (Å²) in [5, 5.41) is 12.8. The number of nitrogens with zero attached hydrogens (tertiary/aromatic N) is 1. The fourth-order valence-electron chi connectivity index (χ4n) is 2.75. The largest absolute Gasteiger partial charge is 0.504 e. The minimum atomic E-state index is -0.188. The fraction of sp³-hybridized carbons (Fsp3) is 0.105. The number of para-hydroxylation sites is 1. The van der Waals surface area contributed by atoms with Crippen LogP contribution >= 0.6 is 0 Å². The Morgan fingerprint density at radius 1 is 1.14 bits per heavy atom. The number of hydrogen-bond donors (Lipinski definition) is 1. The van der Waals surface area contributed by atoms with Crippen LogP contribution in [0.25, 0.3) is 17.0 Å². The van der Waals surface area contributed by atoms with Crippen molar-refractivity contribution < 1.29 is 9.52 Å². The average molecular weight is 289 g/mol. The normalized spacial score (nSPS) is 16.7. The van der Waals surface area contributed by atoms with Crippen molar-refractivity contribution in [2.24, 2.45) is 4.99 Å². The van der Waals surface area contributed by atoms with Gasteiger partial charge in [-0.25, -0.2) is 0 Å². The highest BCUT2D eigenvalue weighted by atomic mass is 16.4. The summed E-state index contributed by atoms with van der Waals surface area (Å²) in [5.74, 6) is 0.888. The van der Waals surface area contributed by atoms with Gasteiger partial charge in [0, 0.05) is 5.39 Å². The molecule has 108 valence electrons. The Morgan fingerprint density at radius 2 is 2.05 bits per heavy atom. The van der Waals surface area contributed by atoms with Crippen molar-refractivity contribution in [3.8, 4) is 5.75 Å². The molecule has 1 unspecified atom stereocenters. The summed E-state index contributed by atoms with van der Waals surface area (Å²) in [6.07, 6.45) is 6.07. The zero-order chi connectivity index (χ0) is 15.1. The third-order valence-corrected chi connectivity index (χ3v) is 3.86. The summed E-state index contributed by atoms with van der Waals surface area (Å²) in [4.78, 5) is 4.78. The third kappa shape index (κ3) is 2.11. The van der Waals surface area contributed by atoms with E-state index in [9.17, 15) is 5.11 Å². The van der Waals surface area contributed by atoms with Gasteiger partial charge in [0.15, 0.2) is 11.3 Å². The maximum atomic E-state index is 9.88. The molecule has 0 aliphatic carbocycles. The van der Waals surface area contributed by atoms with Crippen LogP contribution in [0.3, 0.4) is 0 Å². The van der Waals surface area contributed by atoms with Crippen LogP contribution < -0.4 is 10.6 Å². The minimum absolute atomic E-state index is 0.156. The Kier molecular flexibility index (Phi) is 2.86. The smallest absolute Gasteiger partial charge is 0.175 e. The van der Waals surface area contributed by atoms with Gasteiger partial charge in [-0.2, -0.15) is 0 Å². The Balaban J connectivity index is 1.88. The van der Waals surface area contributed by atoms with Crippen LogP contribution in [0.1, 0.15) is 17.4 Å². The Morgan fingerprint density at radius 3 is 2.91 bits per heavy atom. The maximum Gasteiger partial charge on any atom is 0.175 e. The molecule has 1 aromatic heterocycles. The minimum Gasteiger partial charge on any atom is -0.504 e. The molecule has 0 radical (unpaired) electrons. The second-order valence-electron chi connectivity index (χ2n) is 5.53. The fourth-order valence-corrected chi connectivity index (χ4v) is 2.75. The highest BCUT2D eigenvalue weighted by Crippen LogP contribution is 2.31. The topological polar surface area (TPSA) is 45.7 Å². The molecule has 3 nitrogen and oxygen atoms in total. The van der Waals surface area contributed by atoms with Gasteiger partial charge in [0.25, 0.3) is 0 Å². The molecular formula is C19H15NO2. The van der Waals surface area contributed by atoms with Crippen molar-refractivity contribution >= 4 is 17.0 Å². The Bertz CT molecular complexity index is 1010. The Labute approximate surface area is 127 Å². The molecular weight excluding hydrogens is 274 g/mol. The van der Waals surface area contributed by atoms with Crippen LogP contribution in [0.5, 0.6) is 5.75 Å². The number of fused-ring (bicyclic) bond motifs is 2. The quantitative estimate of drug-likeness (QED) is 0.748. The molecule has 3 aromatic rings. The summed E-state index contributed by atoms with van der Waals surface area (Å²) >= 11 is 0. The molecule has 1 N–H and O–H groups in total. The molecule has 0 saturated carbocycles. The van der Waals surface area contributed by atoms with Gasteiger partial charge in [0.05, 0.1) is 5.36 Å². The van der Waals surface area contributed by atoms with Crippen molar-refractivity contribution in [3.05, 3.63) is 76.5 Å². The van der Waals surface area contributed by atoms with E-state index in [4.69, 9.17) is 9.41 Å². The van der Waals surface area contributed by atoms with Gasteiger partial charge in [-0.3, -0.25) is 4.99 Å². The third-order valence-electron chi connectivity index (χ3n) is 3.86. The number of phenolic OH excluding ortho intramolecular Hbond substituents is 1. The zero-order valence-electron chi connectivity index (χ0n) is 12.2. The second kappa shape index (κ2) is 4.88. The molecule has 1 atom stereocenters. The van der Waals surface area contributed by atoms with E-state index >= 15 is 0 Å². The summed E-state index contributed by atoms with van der Waals surface area (Å²) in [6, 6.07) is 13.3. The first kappa shape index (κ1) is 12.9. The first-order valence-electron chi connectivity index (χ1n) is 7.25. The summed E-state index contributed by atoms with van der Waals surface area (Å²) in [5.41, 5.74) is 1.73. The summed E-state index contributed by atoms with van der Waals surface area (Å²) < 4.78 is 5.82. The number of benzene rings is 2. The molecule has 22 heavy (non-hydrogen) atoms. The summed E-state index contributed by atoms with van der Waals surface area (Å²) in [6.45, 7) is 2.07. The first-order valence-corrected chi connectivity index (χ1v) is 7.25. The number of hydrogen-bond acceptors (Lipinski definition) is 3. The van der Waals surface area contributed by atoms with Gasteiger partial charge in [-0.1, -0.05) is 42.0 Å². The van der Waals surface area contributed by atoms with E-state index in [1.165, 1.54) is 5.56 Å². The monoisotopic (exact) mass is 289 g/mol. The van der Waals surface area contributed by atoms with Crippen molar-refractivity contribution in [2.75, 3.05) is 0 Å². The molecule has 4 rings (SSSR count). The lowest BCUT2D eigenvalue weighted by Gasteiger charge is -2.02.